The second-order valence-corrected chi connectivity index (χ2v) is 5.16. The summed E-state index contributed by atoms with van der Waals surface area (Å²) in [6, 6.07) is 3.22. The molecule has 17 heavy (non-hydrogen) atoms. The van der Waals surface area contributed by atoms with Crippen LogP contribution in [0.1, 0.15) is 22.7 Å². The van der Waals surface area contributed by atoms with E-state index >= 15 is 0 Å². The number of aliphatic carboxylic acids is 1. The molecule has 92 valence electrons. The average Bonchev–Trinajstić information content (AvgIpc) is 2.87. The minimum Gasteiger partial charge on any atom is -0.479 e. The minimum atomic E-state index is -1.15. The zero-order valence-electron chi connectivity index (χ0n) is 9.36. The van der Waals surface area contributed by atoms with Gasteiger partial charge in [0.2, 0.25) is 0 Å². The lowest BCUT2D eigenvalue weighted by molar-refractivity contribution is -0.143. The zero-order valence-corrected chi connectivity index (χ0v) is 10.2. The van der Waals surface area contributed by atoms with Crippen LogP contribution in [0.4, 0.5) is 0 Å². The molecule has 1 aromatic heterocycles. The van der Waals surface area contributed by atoms with Crippen LogP contribution in [0.25, 0.3) is 0 Å². The molecule has 1 aromatic rings. The van der Waals surface area contributed by atoms with Gasteiger partial charge in [-0.2, -0.15) is 11.8 Å². The summed E-state index contributed by atoms with van der Waals surface area (Å²) in [6.45, 7) is 1.73. The van der Waals surface area contributed by atoms with Gasteiger partial charge in [0, 0.05) is 5.75 Å². The van der Waals surface area contributed by atoms with E-state index in [1.54, 1.807) is 19.1 Å². The Bertz CT molecular complexity index is 448. The highest BCUT2D eigenvalue weighted by atomic mass is 32.2. The highest BCUT2D eigenvalue weighted by Crippen LogP contribution is 2.28. The standard InChI is InChI=1S/C11H13NO4S/c1-7-2-3-8(16-7)9(13)12-11(10(14)15)4-5-17-6-11/h2-3H,4-6H2,1H3,(H,12,13)(H,14,15)/t11-/m1/s1. The number of carboxylic acids is 1. The van der Waals surface area contributed by atoms with E-state index in [0.717, 1.165) is 5.75 Å². The second kappa shape index (κ2) is 4.44. The summed E-state index contributed by atoms with van der Waals surface area (Å²) in [5.41, 5.74) is -1.15. The van der Waals surface area contributed by atoms with Crippen LogP contribution in [-0.4, -0.2) is 34.0 Å². The van der Waals surface area contributed by atoms with Gasteiger partial charge < -0.3 is 14.8 Å². The predicted octanol–water partition coefficient (Wildman–Crippen LogP) is 1.28. The Kier molecular flexibility index (Phi) is 3.15. The Labute approximate surface area is 103 Å². The molecular weight excluding hydrogens is 242 g/mol. The van der Waals surface area contributed by atoms with Crippen molar-refractivity contribution >= 4 is 23.6 Å². The van der Waals surface area contributed by atoms with Gasteiger partial charge in [-0.15, -0.1) is 0 Å². The van der Waals surface area contributed by atoms with Gasteiger partial charge in [0.1, 0.15) is 11.3 Å². The monoisotopic (exact) mass is 255 g/mol. The SMILES string of the molecule is Cc1ccc(C(=O)N[C@]2(C(=O)O)CCSC2)o1. The lowest BCUT2D eigenvalue weighted by atomic mass is 9.99. The van der Waals surface area contributed by atoms with Gasteiger partial charge in [-0.25, -0.2) is 4.79 Å². The van der Waals surface area contributed by atoms with Gasteiger partial charge >= 0.3 is 5.97 Å². The first-order valence-corrected chi connectivity index (χ1v) is 6.39. The Morgan fingerprint density at radius 3 is 2.76 bits per heavy atom. The summed E-state index contributed by atoms with van der Waals surface area (Å²) in [5, 5.41) is 11.8. The van der Waals surface area contributed by atoms with E-state index in [1.165, 1.54) is 11.8 Å². The summed E-state index contributed by atoms with van der Waals surface area (Å²) < 4.78 is 5.17. The van der Waals surface area contributed by atoms with Crippen LogP contribution >= 0.6 is 11.8 Å². The van der Waals surface area contributed by atoms with E-state index in [4.69, 9.17) is 4.42 Å². The normalized spacial score (nSPS) is 23.6. The smallest absolute Gasteiger partial charge is 0.330 e. The second-order valence-electron chi connectivity index (χ2n) is 4.05. The Balaban J connectivity index is 2.14. The Morgan fingerprint density at radius 2 is 2.29 bits per heavy atom. The number of aryl methyl sites for hydroxylation is 1. The van der Waals surface area contributed by atoms with Crippen molar-refractivity contribution in [3.8, 4) is 0 Å². The van der Waals surface area contributed by atoms with Gasteiger partial charge in [-0.05, 0) is 31.2 Å². The molecule has 0 aromatic carbocycles. The number of carboxylic acid groups (broad SMARTS) is 1. The van der Waals surface area contributed by atoms with Crippen LogP contribution in [0.5, 0.6) is 0 Å². The summed E-state index contributed by atoms with van der Waals surface area (Å²) in [4.78, 5) is 23.1. The predicted molar refractivity (Wildman–Crippen MR) is 63.2 cm³/mol. The van der Waals surface area contributed by atoms with Crippen LogP contribution in [-0.2, 0) is 4.79 Å². The number of rotatable bonds is 3. The summed E-state index contributed by atoms with van der Waals surface area (Å²) in [6.07, 6.45) is 0.443. The number of hydrogen-bond donors (Lipinski definition) is 2. The van der Waals surface area contributed by atoms with Crippen molar-refractivity contribution in [1.82, 2.24) is 5.32 Å². The number of carbonyl (C=O) groups is 2. The maximum Gasteiger partial charge on any atom is 0.330 e. The third-order valence-electron chi connectivity index (χ3n) is 2.75. The van der Waals surface area contributed by atoms with Crippen molar-refractivity contribution in [2.75, 3.05) is 11.5 Å². The quantitative estimate of drug-likeness (QED) is 0.850. The Hall–Kier alpha value is -1.43. The van der Waals surface area contributed by atoms with E-state index in [2.05, 4.69) is 5.32 Å². The summed E-state index contributed by atoms with van der Waals surface area (Å²) >= 11 is 1.53. The minimum absolute atomic E-state index is 0.153. The molecule has 0 saturated carbocycles. The van der Waals surface area contributed by atoms with Gasteiger partial charge in [0.05, 0.1) is 0 Å². The molecule has 1 atom stereocenters. The molecule has 1 fully saturated rings. The lowest BCUT2D eigenvalue weighted by Gasteiger charge is -2.23. The van der Waals surface area contributed by atoms with E-state index in [1.807, 2.05) is 0 Å². The van der Waals surface area contributed by atoms with Crippen molar-refractivity contribution in [2.24, 2.45) is 0 Å². The van der Waals surface area contributed by atoms with Crippen molar-refractivity contribution in [2.45, 2.75) is 18.9 Å². The molecule has 1 aliphatic rings. The molecule has 2 rings (SSSR count). The molecule has 5 nitrogen and oxygen atoms in total. The van der Waals surface area contributed by atoms with Gasteiger partial charge in [0.25, 0.3) is 5.91 Å². The summed E-state index contributed by atoms with van der Waals surface area (Å²) in [5.74, 6) is 0.458. The fourth-order valence-electron chi connectivity index (χ4n) is 1.72. The third-order valence-corrected chi connectivity index (χ3v) is 3.94. The number of hydrogen-bond acceptors (Lipinski definition) is 4. The van der Waals surface area contributed by atoms with E-state index in [0.29, 0.717) is 17.9 Å². The molecule has 1 saturated heterocycles. The number of thioether (sulfide) groups is 1. The molecule has 2 heterocycles. The first-order chi connectivity index (χ1) is 8.03. The fraction of sp³-hybridized carbons (Fsp3) is 0.455. The first-order valence-electron chi connectivity index (χ1n) is 5.24. The van der Waals surface area contributed by atoms with Crippen LogP contribution in [0.2, 0.25) is 0 Å². The maximum absolute atomic E-state index is 11.8. The van der Waals surface area contributed by atoms with Gasteiger partial charge in [-0.1, -0.05) is 0 Å². The molecule has 0 radical (unpaired) electrons. The topological polar surface area (TPSA) is 79.5 Å². The number of carbonyl (C=O) groups excluding carboxylic acids is 1. The molecule has 0 unspecified atom stereocenters. The van der Waals surface area contributed by atoms with Crippen molar-refractivity contribution in [3.63, 3.8) is 0 Å². The van der Waals surface area contributed by atoms with Gasteiger partial charge in [-0.3, -0.25) is 4.79 Å². The van der Waals surface area contributed by atoms with Crippen molar-refractivity contribution < 1.29 is 19.1 Å². The van der Waals surface area contributed by atoms with E-state index in [9.17, 15) is 14.7 Å². The van der Waals surface area contributed by atoms with Gasteiger partial charge in [0.15, 0.2) is 5.76 Å². The van der Waals surface area contributed by atoms with E-state index in [-0.39, 0.29) is 5.76 Å². The van der Waals surface area contributed by atoms with Crippen molar-refractivity contribution in [3.05, 3.63) is 23.7 Å². The third kappa shape index (κ3) is 2.31. The van der Waals surface area contributed by atoms with Crippen molar-refractivity contribution in [1.29, 1.82) is 0 Å². The zero-order chi connectivity index (χ0) is 12.5. The number of nitrogens with one attached hydrogen (secondary N) is 1. The van der Waals surface area contributed by atoms with Crippen LogP contribution in [0, 0.1) is 6.92 Å². The first kappa shape index (κ1) is 12.0. The molecule has 2 N–H and O–H groups in total. The number of furan rings is 1. The van der Waals surface area contributed by atoms with Crippen LogP contribution in [0.15, 0.2) is 16.5 Å². The van der Waals surface area contributed by atoms with Crippen LogP contribution in [0.3, 0.4) is 0 Å². The molecule has 0 aliphatic carbocycles. The highest BCUT2D eigenvalue weighted by molar-refractivity contribution is 7.99. The number of amides is 1. The van der Waals surface area contributed by atoms with E-state index < -0.39 is 17.4 Å². The average molecular weight is 255 g/mol. The van der Waals surface area contributed by atoms with Crippen LogP contribution < -0.4 is 5.32 Å². The Morgan fingerprint density at radius 1 is 1.53 bits per heavy atom. The molecule has 6 heteroatoms. The molecular formula is C11H13NO4S. The molecule has 0 bridgehead atoms. The maximum atomic E-state index is 11.8. The highest BCUT2D eigenvalue weighted by Gasteiger charge is 2.43. The molecule has 1 aliphatic heterocycles. The fourth-order valence-corrected chi connectivity index (χ4v) is 3.05. The lowest BCUT2D eigenvalue weighted by Crippen LogP contribution is -2.54. The largest absolute Gasteiger partial charge is 0.479 e. The molecule has 0 spiro atoms. The summed E-state index contributed by atoms with van der Waals surface area (Å²) in [7, 11) is 0. The molecule has 1 amide bonds.